The maximum atomic E-state index is 4.63. The quantitative estimate of drug-likeness (QED) is 0.664. The number of rotatable bonds is 3. The summed E-state index contributed by atoms with van der Waals surface area (Å²) in [5, 5.41) is 0. The second-order valence-electron chi connectivity index (χ2n) is 4.72. The fraction of sp³-hybridized carbons (Fsp3) is 0.167. The minimum Gasteiger partial charge on any atom is -0.253 e. The number of allylic oxidation sites excluding steroid dienone is 1. The molecule has 0 N–H and O–H groups in total. The standard InChI is InChI=1S/C18H19N/c1-14-9-7-8-10-17(14)13-15(2)16(3)19-18-11-5-4-6-12-18/h4-13H,1-3H3/b15-13+,19-16?. The van der Waals surface area contributed by atoms with Crippen LogP contribution >= 0.6 is 0 Å². The summed E-state index contributed by atoms with van der Waals surface area (Å²) in [5.41, 5.74) is 5.78. The monoisotopic (exact) mass is 249 g/mol. The Labute approximate surface area is 115 Å². The van der Waals surface area contributed by atoms with Gasteiger partial charge in [0.15, 0.2) is 0 Å². The molecule has 0 heterocycles. The van der Waals surface area contributed by atoms with Crippen molar-refractivity contribution in [3.63, 3.8) is 0 Å². The van der Waals surface area contributed by atoms with Crippen molar-refractivity contribution in [3.8, 4) is 0 Å². The van der Waals surface area contributed by atoms with Crippen LogP contribution in [0.4, 0.5) is 5.69 Å². The van der Waals surface area contributed by atoms with Gasteiger partial charge < -0.3 is 0 Å². The normalized spacial score (nSPS) is 12.6. The third-order valence-electron chi connectivity index (χ3n) is 3.18. The summed E-state index contributed by atoms with van der Waals surface area (Å²) in [7, 11) is 0. The molecule has 0 saturated heterocycles. The van der Waals surface area contributed by atoms with Crippen molar-refractivity contribution in [2.24, 2.45) is 4.99 Å². The molecular weight excluding hydrogens is 230 g/mol. The first-order valence-electron chi connectivity index (χ1n) is 6.51. The molecule has 2 aromatic carbocycles. The Kier molecular flexibility index (Phi) is 4.30. The largest absolute Gasteiger partial charge is 0.253 e. The van der Waals surface area contributed by atoms with E-state index in [0.29, 0.717) is 0 Å². The molecule has 0 aromatic heterocycles. The van der Waals surface area contributed by atoms with E-state index in [-0.39, 0.29) is 0 Å². The van der Waals surface area contributed by atoms with E-state index in [1.807, 2.05) is 30.3 Å². The highest BCUT2D eigenvalue weighted by Crippen LogP contribution is 2.16. The van der Waals surface area contributed by atoms with Crippen LogP contribution in [0.5, 0.6) is 0 Å². The van der Waals surface area contributed by atoms with Gasteiger partial charge in [0.25, 0.3) is 0 Å². The van der Waals surface area contributed by atoms with Crippen molar-refractivity contribution in [3.05, 3.63) is 71.3 Å². The molecule has 1 nitrogen and oxygen atoms in total. The molecule has 2 aromatic rings. The lowest BCUT2D eigenvalue weighted by molar-refractivity contribution is 1.42. The van der Waals surface area contributed by atoms with Crippen molar-refractivity contribution in [1.29, 1.82) is 0 Å². The molecule has 0 saturated carbocycles. The van der Waals surface area contributed by atoms with E-state index in [9.17, 15) is 0 Å². The van der Waals surface area contributed by atoms with Gasteiger partial charge in [-0.2, -0.15) is 0 Å². The number of benzene rings is 2. The highest BCUT2D eigenvalue weighted by Gasteiger charge is 1.98. The predicted molar refractivity (Wildman–Crippen MR) is 84.0 cm³/mol. The van der Waals surface area contributed by atoms with Gasteiger partial charge in [-0.25, -0.2) is 0 Å². The second-order valence-corrected chi connectivity index (χ2v) is 4.72. The molecular formula is C18H19N. The van der Waals surface area contributed by atoms with E-state index in [4.69, 9.17) is 0 Å². The number of nitrogens with zero attached hydrogens (tertiary/aromatic N) is 1. The van der Waals surface area contributed by atoms with Crippen LogP contribution in [0.2, 0.25) is 0 Å². The van der Waals surface area contributed by atoms with E-state index in [1.54, 1.807) is 0 Å². The topological polar surface area (TPSA) is 12.4 Å². The van der Waals surface area contributed by atoms with Gasteiger partial charge in [-0.05, 0) is 55.7 Å². The van der Waals surface area contributed by atoms with Gasteiger partial charge in [0, 0.05) is 5.71 Å². The summed E-state index contributed by atoms with van der Waals surface area (Å²) < 4.78 is 0. The van der Waals surface area contributed by atoms with Crippen molar-refractivity contribution in [1.82, 2.24) is 0 Å². The second kappa shape index (κ2) is 6.14. The Balaban J connectivity index is 2.27. The van der Waals surface area contributed by atoms with E-state index in [1.165, 1.54) is 16.7 Å². The highest BCUT2D eigenvalue weighted by atomic mass is 14.7. The van der Waals surface area contributed by atoms with Crippen molar-refractivity contribution >= 4 is 17.5 Å². The molecule has 0 aliphatic carbocycles. The molecule has 0 spiro atoms. The number of hydrogen-bond acceptors (Lipinski definition) is 1. The third kappa shape index (κ3) is 3.65. The van der Waals surface area contributed by atoms with Crippen LogP contribution in [0.25, 0.3) is 6.08 Å². The van der Waals surface area contributed by atoms with E-state index in [2.05, 4.69) is 56.1 Å². The van der Waals surface area contributed by atoms with Crippen LogP contribution in [0, 0.1) is 6.92 Å². The first kappa shape index (κ1) is 13.3. The number of para-hydroxylation sites is 1. The SMILES string of the molecule is CC(=Nc1ccccc1)/C(C)=C/c1ccccc1C. The number of aryl methyl sites for hydroxylation is 1. The van der Waals surface area contributed by atoms with Gasteiger partial charge in [-0.1, -0.05) is 42.5 Å². The average Bonchev–Trinajstić information content (AvgIpc) is 2.42. The van der Waals surface area contributed by atoms with Crippen LogP contribution in [0.3, 0.4) is 0 Å². The molecule has 19 heavy (non-hydrogen) atoms. The molecule has 2 rings (SSSR count). The van der Waals surface area contributed by atoms with E-state index >= 15 is 0 Å². The fourth-order valence-electron chi connectivity index (χ4n) is 1.87. The van der Waals surface area contributed by atoms with E-state index in [0.717, 1.165) is 11.4 Å². The molecule has 0 atom stereocenters. The fourth-order valence-corrected chi connectivity index (χ4v) is 1.87. The van der Waals surface area contributed by atoms with Crippen LogP contribution in [-0.4, -0.2) is 5.71 Å². The molecule has 0 aliphatic rings. The van der Waals surface area contributed by atoms with E-state index < -0.39 is 0 Å². The van der Waals surface area contributed by atoms with Crippen LogP contribution in [0.1, 0.15) is 25.0 Å². The van der Waals surface area contributed by atoms with Crippen LogP contribution in [-0.2, 0) is 0 Å². The smallest absolute Gasteiger partial charge is 0.0632 e. The summed E-state index contributed by atoms with van der Waals surface area (Å²) in [6, 6.07) is 18.4. The Morgan fingerprint density at radius 3 is 2.21 bits per heavy atom. The van der Waals surface area contributed by atoms with Gasteiger partial charge >= 0.3 is 0 Å². The van der Waals surface area contributed by atoms with Crippen molar-refractivity contribution < 1.29 is 0 Å². The first-order chi connectivity index (χ1) is 9.16. The zero-order valence-corrected chi connectivity index (χ0v) is 11.7. The van der Waals surface area contributed by atoms with Gasteiger partial charge in [0.2, 0.25) is 0 Å². The number of hydrogen-bond donors (Lipinski definition) is 0. The molecule has 0 bridgehead atoms. The van der Waals surface area contributed by atoms with Crippen molar-refractivity contribution in [2.75, 3.05) is 0 Å². The maximum Gasteiger partial charge on any atom is 0.0632 e. The van der Waals surface area contributed by atoms with Crippen LogP contribution < -0.4 is 0 Å². The van der Waals surface area contributed by atoms with Gasteiger partial charge in [-0.15, -0.1) is 0 Å². The summed E-state index contributed by atoms with van der Waals surface area (Å²) in [6.07, 6.45) is 2.19. The Hall–Kier alpha value is -2.15. The van der Waals surface area contributed by atoms with Gasteiger partial charge in [0.1, 0.15) is 0 Å². The summed E-state index contributed by atoms with van der Waals surface area (Å²) >= 11 is 0. The molecule has 96 valence electrons. The predicted octanol–water partition coefficient (Wildman–Crippen LogP) is 5.19. The highest BCUT2D eigenvalue weighted by molar-refractivity contribution is 6.02. The minimum absolute atomic E-state index is 0.998. The Bertz CT molecular complexity index is 607. The molecule has 1 heteroatoms. The lowest BCUT2D eigenvalue weighted by atomic mass is 10.0. The summed E-state index contributed by atoms with van der Waals surface area (Å²) in [4.78, 5) is 4.63. The minimum atomic E-state index is 0.998. The Morgan fingerprint density at radius 1 is 0.895 bits per heavy atom. The first-order valence-corrected chi connectivity index (χ1v) is 6.51. The van der Waals surface area contributed by atoms with Crippen LogP contribution in [0.15, 0.2) is 65.2 Å². The molecule has 0 amide bonds. The lowest BCUT2D eigenvalue weighted by Crippen LogP contribution is -1.93. The van der Waals surface area contributed by atoms with Crippen molar-refractivity contribution in [2.45, 2.75) is 20.8 Å². The third-order valence-corrected chi connectivity index (χ3v) is 3.18. The average molecular weight is 249 g/mol. The molecule has 0 unspecified atom stereocenters. The molecule has 0 fully saturated rings. The summed E-state index contributed by atoms with van der Waals surface area (Å²) in [5.74, 6) is 0. The van der Waals surface area contributed by atoms with Gasteiger partial charge in [-0.3, -0.25) is 4.99 Å². The zero-order chi connectivity index (χ0) is 13.7. The van der Waals surface area contributed by atoms with Gasteiger partial charge in [0.05, 0.1) is 5.69 Å². The zero-order valence-electron chi connectivity index (χ0n) is 11.7. The summed E-state index contributed by atoms with van der Waals surface area (Å²) in [6.45, 7) is 6.29. The molecule has 0 aliphatic heterocycles. The maximum absolute atomic E-state index is 4.63. The molecule has 0 radical (unpaired) electrons. The number of aliphatic imine (C=N–C) groups is 1. The Morgan fingerprint density at radius 2 is 1.53 bits per heavy atom. The lowest BCUT2D eigenvalue weighted by Gasteiger charge is -2.04.